The van der Waals surface area contributed by atoms with Gasteiger partial charge < -0.3 is 14.6 Å². The second-order valence-electron chi connectivity index (χ2n) is 3.44. The maximum absolute atomic E-state index is 12.1. The van der Waals surface area contributed by atoms with Gasteiger partial charge in [0.15, 0.2) is 0 Å². The quantitative estimate of drug-likeness (QED) is 0.198. The fourth-order valence-corrected chi connectivity index (χ4v) is 2.53. The summed E-state index contributed by atoms with van der Waals surface area (Å²) in [5.74, 6) is 0. The summed E-state index contributed by atoms with van der Waals surface area (Å²) in [5, 5.41) is 10.9. The van der Waals surface area contributed by atoms with Gasteiger partial charge in [-0.3, -0.25) is 10.1 Å². The van der Waals surface area contributed by atoms with Crippen molar-refractivity contribution in [2.24, 2.45) is 0 Å². The topological polar surface area (TPSA) is 115 Å². The molecule has 0 aliphatic carbocycles. The predicted molar refractivity (Wildman–Crippen MR) is 67.1 cm³/mol. The summed E-state index contributed by atoms with van der Waals surface area (Å²) >= 11 is 0. The van der Waals surface area contributed by atoms with Gasteiger partial charge in [0.2, 0.25) is 0 Å². The predicted octanol–water partition coefficient (Wildman–Crippen LogP) is 2.25. The molecule has 0 N–H and O–H groups in total. The van der Waals surface area contributed by atoms with Gasteiger partial charge in [-0.05, 0) is 0 Å². The molecule has 0 fully saturated rings. The Morgan fingerprint density at radius 3 is 2.47 bits per heavy atom. The zero-order valence-corrected chi connectivity index (χ0v) is 11.2. The normalized spacial score (nSPS) is 10.8. The van der Waals surface area contributed by atoms with Crippen LogP contribution in [0.4, 0.5) is 5.69 Å². The van der Waals surface area contributed by atoms with Crippen LogP contribution in [0.25, 0.3) is 5.53 Å². The van der Waals surface area contributed by atoms with Gasteiger partial charge in [0.05, 0.1) is 11.3 Å². The van der Waals surface area contributed by atoms with E-state index < -0.39 is 12.5 Å². The van der Waals surface area contributed by atoms with Crippen LogP contribution in [-0.4, -0.2) is 29.4 Å². The van der Waals surface area contributed by atoms with Crippen molar-refractivity contribution in [1.29, 1.82) is 0 Å². The summed E-state index contributed by atoms with van der Waals surface area (Å²) < 4.78 is 21.4. The van der Waals surface area contributed by atoms with Crippen LogP contribution in [0.5, 0.6) is 0 Å². The second-order valence-corrected chi connectivity index (χ2v) is 5.68. The van der Waals surface area contributed by atoms with Crippen LogP contribution in [0.2, 0.25) is 0 Å². The van der Waals surface area contributed by atoms with Crippen molar-refractivity contribution >= 4 is 18.7 Å². The largest absolute Gasteiger partial charge is 0.437 e. The summed E-state index contributed by atoms with van der Waals surface area (Å²) in [5.41, 5.74) is 8.68. The smallest absolute Gasteiger partial charge is 0.361 e. The lowest BCUT2D eigenvalue weighted by Gasteiger charge is -2.08. The number of para-hydroxylation sites is 1. The third-order valence-electron chi connectivity index (χ3n) is 2.45. The Morgan fingerprint density at radius 1 is 1.42 bits per heavy atom. The Labute approximate surface area is 109 Å². The molecular formula is C10H12N3O5P. The van der Waals surface area contributed by atoms with Crippen LogP contribution in [0, 0.1) is 10.1 Å². The maximum atomic E-state index is 12.1. The van der Waals surface area contributed by atoms with E-state index in [2.05, 4.69) is 13.8 Å². The number of nitro groups is 1. The van der Waals surface area contributed by atoms with E-state index >= 15 is 0 Å². The molecule has 8 nitrogen and oxygen atoms in total. The Bertz CT molecular complexity index is 574. The molecule has 0 amide bonds. The lowest BCUT2D eigenvalue weighted by molar-refractivity contribution is -0.385. The molecule has 0 saturated heterocycles. The highest BCUT2D eigenvalue weighted by molar-refractivity contribution is 7.71. The van der Waals surface area contributed by atoms with Gasteiger partial charge in [0, 0.05) is 25.8 Å². The summed E-state index contributed by atoms with van der Waals surface area (Å²) in [4.78, 5) is 13.2. The minimum atomic E-state index is -3.73. The van der Waals surface area contributed by atoms with Gasteiger partial charge in [-0.2, -0.15) is 4.79 Å². The highest BCUT2D eigenvalue weighted by Crippen LogP contribution is 2.48. The second kappa shape index (κ2) is 6.36. The van der Waals surface area contributed by atoms with E-state index in [0.717, 1.165) is 14.2 Å². The molecule has 9 heteroatoms. The van der Waals surface area contributed by atoms with Crippen LogP contribution in [0.1, 0.15) is 5.56 Å². The van der Waals surface area contributed by atoms with Gasteiger partial charge in [0.1, 0.15) is 0 Å². The highest BCUT2D eigenvalue weighted by atomic mass is 31.2. The third-order valence-corrected chi connectivity index (χ3v) is 4.29. The molecular weight excluding hydrogens is 273 g/mol. The molecule has 0 spiro atoms. The minimum absolute atomic E-state index is 0.164. The van der Waals surface area contributed by atoms with Crippen molar-refractivity contribution in [3.05, 3.63) is 45.5 Å². The SMILES string of the molecule is COP(=O)(OC)C(Cc1ccccc1[N+](=O)[O-])=[N+]=[N-]. The van der Waals surface area contributed by atoms with Gasteiger partial charge in [-0.15, -0.1) is 0 Å². The number of benzene rings is 1. The number of nitrogens with zero attached hydrogens (tertiary/aromatic N) is 3. The molecule has 1 aromatic rings. The Morgan fingerprint density at radius 2 is 2.00 bits per heavy atom. The van der Waals surface area contributed by atoms with Crippen molar-refractivity contribution in [3.8, 4) is 0 Å². The molecule has 0 saturated carbocycles. The fourth-order valence-electron chi connectivity index (χ4n) is 1.48. The molecule has 19 heavy (non-hydrogen) atoms. The molecule has 0 aliphatic rings. The van der Waals surface area contributed by atoms with E-state index in [9.17, 15) is 14.7 Å². The van der Waals surface area contributed by atoms with Crippen LogP contribution in [-0.2, 0) is 20.0 Å². The van der Waals surface area contributed by atoms with E-state index in [0.29, 0.717) is 0 Å². The first-order valence-corrected chi connectivity index (χ1v) is 6.68. The van der Waals surface area contributed by atoms with Crippen LogP contribution >= 0.6 is 7.60 Å². The lowest BCUT2D eigenvalue weighted by atomic mass is 10.1. The molecule has 1 aromatic carbocycles. The number of nitro benzene ring substituents is 1. The van der Waals surface area contributed by atoms with Crippen molar-refractivity contribution in [2.75, 3.05) is 14.2 Å². The third kappa shape index (κ3) is 3.33. The van der Waals surface area contributed by atoms with Crippen LogP contribution in [0.3, 0.4) is 0 Å². The molecule has 0 bridgehead atoms. The number of hydrogen-bond acceptors (Lipinski definition) is 5. The molecule has 1 rings (SSSR count). The van der Waals surface area contributed by atoms with Gasteiger partial charge in [-0.1, -0.05) is 18.2 Å². The highest BCUT2D eigenvalue weighted by Gasteiger charge is 2.39. The average Bonchev–Trinajstić information content (AvgIpc) is 2.44. The zero-order valence-electron chi connectivity index (χ0n) is 10.3. The summed E-state index contributed by atoms with van der Waals surface area (Å²) in [6, 6.07) is 5.86. The Kier molecular flexibility index (Phi) is 5.09. The molecule has 0 atom stereocenters. The van der Waals surface area contributed by atoms with Crippen molar-refractivity contribution in [3.63, 3.8) is 0 Å². The first-order chi connectivity index (χ1) is 8.98. The average molecular weight is 285 g/mol. The Balaban J connectivity index is 3.18. The monoisotopic (exact) mass is 285 g/mol. The van der Waals surface area contributed by atoms with Gasteiger partial charge in [-0.25, -0.2) is 4.57 Å². The van der Waals surface area contributed by atoms with Gasteiger partial charge in [0.25, 0.3) is 5.69 Å². The van der Waals surface area contributed by atoms with Crippen molar-refractivity contribution < 1.29 is 23.3 Å². The van der Waals surface area contributed by atoms with Crippen LogP contribution in [0.15, 0.2) is 24.3 Å². The van der Waals surface area contributed by atoms with E-state index in [1.54, 1.807) is 6.07 Å². The first kappa shape index (κ1) is 15.2. The first-order valence-electron chi connectivity index (χ1n) is 5.13. The Hall–Kier alpha value is -1.85. The molecule has 0 aliphatic heterocycles. The summed E-state index contributed by atoms with van der Waals surface area (Å²) in [6.45, 7) is 0. The zero-order chi connectivity index (χ0) is 14.5. The molecule has 0 radical (unpaired) electrons. The van der Waals surface area contributed by atoms with E-state index in [1.165, 1.54) is 18.2 Å². The van der Waals surface area contributed by atoms with Gasteiger partial charge >= 0.3 is 13.0 Å². The standard InChI is InChI=1S/C10H12N3O5P/c1-17-19(16,18-2)10(12-11)7-8-5-3-4-6-9(8)13(14)15/h3-6H,7H2,1-2H3. The summed E-state index contributed by atoms with van der Waals surface area (Å²) in [6.07, 6.45) is -0.216. The fraction of sp³-hybridized carbons (Fsp3) is 0.300. The van der Waals surface area contributed by atoms with E-state index in [-0.39, 0.29) is 23.1 Å². The molecule has 102 valence electrons. The number of hydrogen-bond donors (Lipinski definition) is 0. The molecule has 0 unspecified atom stereocenters. The maximum Gasteiger partial charge on any atom is 0.437 e. The molecule has 0 aromatic heterocycles. The van der Waals surface area contributed by atoms with Crippen molar-refractivity contribution in [1.82, 2.24) is 0 Å². The molecule has 0 heterocycles. The van der Waals surface area contributed by atoms with Crippen LogP contribution < -0.4 is 0 Å². The number of rotatable bonds is 6. The lowest BCUT2D eigenvalue weighted by Crippen LogP contribution is -2.10. The minimum Gasteiger partial charge on any atom is -0.361 e. The summed E-state index contributed by atoms with van der Waals surface area (Å²) in [7, 11) is -1.46. The van der Waals surface area contributed by atoms with E-state index in [1.807, 2.05) is 0 Å². The van der Waals surface area contributed by atoms with Crippen molar-refractivity contribution in [2.45, 2.75) is 6.42 Å². The van der Waals surface area contributed by atoms with E-state index in [4.69, 9.17) is 5.53 Å².